The van der Waals surface area contributed by atoms with Gasteiger partial charge in [-0.3, -0.25) is 0 Å². The predicted octanol–water partition coefficient (Wildman–Crippen LogP) is -1.60. The van der Waals surface area contributed by atoms with Gasteiger partial charge in [0, 0.05) is 5.69 Å². The Hall–Kier alpha value is -1.26. The summed E-state index contributed by atoms with van der Waals surface area (Å²) in [6.45, 7) is -2.57. The van der Waals surface area contributed by atoms with E-state index in [0.717, 1.165) is 12.1 Å². The number of benzene rings is 1. The van der Waals surface area contributed by atoms with Crippen molar-refractivity contribution in [3.8, 4) is 0 Å². The van der Waals surface area contributed by atoms with E-state index in [1.54, 1.807) is 0 Å². The average Bonchev–Trinajstić information content (AvgIpc) is 2.39. The van der Waals surface area contributed by atoms with Crippen LogP contribution in [-0.2, 0) is 10.0 Å². The normalized spacial score (nSPS) is 12.6. The van der Waals surface area contributed by atoms with Crippen LogP contribution in [0.3, 0.4) is 0 Å². The Morgan fingerprint density at radius 2 is 1.74 bits per heavy atom. The largest absolute Gasteiger partial charge is 0.399 e. The molecule has 0 aliphatic carbocycles. The molecule has 0 aliphatic rings. The van der Waals surface area contributed by atoms with E-state index in [1.807, 2.05) is 4.72 Å². The minimum Gasteiger partial charge on any atom is -0.399 e. The third kappa shape index (κ3) is 3.39. The lowest BCUT2D eigenvalue weighted by molar-refractivity contribution is 0.0581. The summed E-state index contributed by atoms with van der Waals surface area (Å²) in [5, 5.41) is 27.1. The van der Waals surface area contributed by atoms with Gasteiger partial charge < -0.3 is 21.1 Å². The topological polar surface area (TPSA) is 133 Å². The van der Waals surface area contributed by atoms with Crippen LogP contribution < -0.4 is 10.5 Å². The first-order valence-corrected chi connectivity index (χ1v) is 6.70. The van der Waals surface area contributed by atoms with Crippen molar-refractivity contribution in [1.82, 2.24) is 4.72 Å². The van der Waals surface area contributed by atoms with E-state index in [2.05, 4.69) is 0 Å². The molecule has 0 aromatic heterocycles. The van der Waals surface area contributed by atoms with Gasteiger partial charge in [0.05, 0.1) is 19.8 Å². The van der Waals surface area contributed by atoms with Crippen molar-refractivity contribution < 1.29 is 28.1 Å². The van der Waals surface area contributed by atoms with Crippen LogP contribution in [0.1, 0.15) is 0 Å². The molecule has 1 rings (SSSR count). The molecule has 0 spiro atoms. The van der Waals surface area contributed by atoms with Gasteiger partial charge in [-0.1, -0.05) is 0 Å². The minimum atomic E-state index is -4.39. The number of hydrogen-bond donors (Lipinski definition) is 5. The number of rotatable bonds is 6. The molecule has 0 fully saturated rings. The molecular weight excluding hydrogens is 279 g/mol. The van der Waals surface area contributed by atoms with Gasteiger partial charge in [-0.2, -0.15) is 4.72 Å². The molecule has 0 saturated carbocycles. The molecular formula is C10H15FN2O5S. The highest BCUT2D eigenvalue weighted by Gasteiger charge is 2.35. The predicted molar refractivity (Wildman–Crippen MR) is 65.1 cm³/mol. The number of nitrogen functional groups attached to an aromatic ring is 1. The number of halogens is 1. The van der Waals surface area contributed by atoms with Gasteiger partial charge in [0.2, 0.25) is 10.0 Å². The fourth-order valence-electron chi connectivity index (χ4n) is 1.31. The molecule has 1 aromatic carbocycles. The SMILES string of the molecule is Nc1ccc(F)c(S(=O)(=O)NC(CO)(CO)CO)c1. The molecule has 0 atom stereocenters. The van der Waals surface area contributed by atoms with Gasteiger partial charge in [-0.05, 0) is 18.2 Å². The molecule has 7 nitrogen and oxygen atoms in total. The summed E-state index contributed by atoms with van der Waals surface area (Å²) < 4.78 is 39.3. The highest BCUT2D eigenvalue weighted by Crippen LogP contribution is 2.19. The number of hydrogen-bond acceptors (Lipinski definition) is 6. The van der Waals surface area contributed by atoms with Crippen molar-refractivity contribution in [2.75, 3.05) is 25.6 Å². The van der Waals surface area contributed by atoms with Gasteiger partial charge in [-0.25, -0.2) is 12.8 Å². The molecule has 0 bridgehead atoms. The fraction of sp³-hybridized carbons (Fsp3) is 0.400. The van der Waals surface area contributed by atoms with Crippen molar-refractivity contribution in [3.05, 3.63) is 24.0 Å². The zero-order valence-electron chi connectivity index (χ0n) is 9.88. The average molecular weight is 294 g/mol. The summed E-state index contributed by atoms with van der Waals surface area (Å²) in [6, 6.07) is 2.96. The zero-order chi connectivity index (χ0) is 14.7. The van der Waals surface area contributed by atoms with Crippen LogP contribution in [0.2, 0.25) is 0 Å². The van der Waals surface area contributed by atoms with E-state index < -0.39 is 46.1 Å². The molecule has 0 unspecified atom stereocenters. The van der Waals surface area contributed by atoms with Crippen LogP contribution in [0.4, 0.5) is 10.1 Å². The Kier molecular flexibility index (Phi) is 4.82. The molecule has 6 N–H and O–H groups in total. The first kappa shape index (κ1) is 15.8. The summed E-state index contributed by atoms with van der Waals surface area (Å²) >= 11 is 0. The number of nitrogens with two attached hydrogens (primary N) is 1. The van der Waals surface area contributed by atoms with Gasteiger partial charge >= 0.3 is 0 Å². The summed E-state index contributed by atoms with van der Waals surface area (Å²) in [5.74, 6) is -1.04. The summed E-state index contributed by atoms with van der Waals surface area (Å²) in [6.07, 6.45) is 0. The summed E-state index contributed by atoms with van der Waals surface area (Å²) in [4.78, 5) is -0.729. The van der Waals surface area contributed by atoms with E-state index >= 15 is 0 Å². The maximum absolute atomic E-state index is 13.5. The summed E-state index contributed by atoms with van der Waals surface area (Å²) in [5.41, 5.74) is 3.53. The zero-order valence-corrected chi connectivity index (χ0v) is 10.7. The van der Waals surface area contributed by atoms with Gasteiger partial charge in [-0.15, -0.1) is 0 Å². The Morgan fingerprint density at radius 3 is 2.21 bits per heavy atom. The maximum atomic E-state index is 13.5. The number of aliphatic hydroxyl groups is 3. The van der Waals surface area contributed by atoms with Gasteiger partial charge in [0.1, 0.15) is 16.3 Å². The van der Waals surface area contributed by atoms with Gasteiger partial charge in [0.15, 0.2) is 0 Å². The number of nitrogens with one attached hydrogen (secondary N) is 1. The molecule has 0 amide bonds. The van der Waals surface area contributed by atoms with Crippen LogP contribution in [0.15, 0.2) is 23.1 Å². The third-order valence-electron chi connectivity index (χ3n) is 2.50. The van der Waals surface area contributed by atoms with Crippen LogP contribution in [0.25, 0.3) is 0 Å². The molecule has 0 radical (unpaired) electrons. The monoisotopic (exact) mass is 294 g/mol. The second kappa shape index (κ2) is 5.80. The van der Waals surface area contributed by atoms with Crippen LogP contribution in [0.5, 0.6) is 0 Å². The van der Waals surface area contributed by atoms with E-state index in [-0.39, 0.29) is 5.69 Å². The molecule has 108 valence electrons. The second-order valence-electron chi connectivity index (χ2n) is 4.05. The van der Waals surface area contributed by atoms with E-state index in [0.29, 0.717) is 0 Å². The van der Waals surface area contributed by atoms with Crippen LogP contribution in [-0.4, -0.2) is 49.1 Å². The maximum Gasteiger partial charge on any atom is 0.244 e. The van der Waals surface area contributed by atoms with E-state index in [1.165, 1.54) is 6.07 Å². The second-order valence-corrected chi connectivity index (χ2v) is 5.70. The first-order chi connectivity index (χ1) is 8.80. The van der Waals surface area contributed by atoms with Crippen LogP contribution in [0, 0.1) is 5.82 Å². The Balaban J connectivity index is 3.21. The summed E-state index contributed by atoms with van der Waals surface area (Å²) in [7, 11) is -4.39. The van der Waals surface area contributed by atoms with Crippen molar-refractivity contribution in [2.24, 2.45) is 0 Å². The Morgan fingerprint density at radius 1 is 1.21 bits per heavy atom. The number of sulfonamides is 1. The molecule has 1 aromatic rings. The molecule has 0 aliphatic heterocycles. The third-order valence-corrected chi connectivity index (χ3v) is 4.10. The number of aliphatic hydroxyl groups excluding tert-OH is 3. The lowest BCUT2D eigenvalue weighted by Crippen LogP contribution is -2.56. The molecule has 0 saturated heterocycles. The Labute approximate surface area is 109 Å². The Bertz CT molecular complexity index is 537. The lowest BCUT2D eigenvalue weighted by atomic mass is 10.1. The van der Waals surface area contributed by atoms with Crippen molar-refractivity contribution >= 4 is 15.7 Å². The van der Waals surface area contributed by atoms with Crippen molar-refractivity contribution in [1.29, 1.82) is 0 Å². The van der Waals surface area contributed by atoms with Crippen LogP contribution >= 0.6 is 0 Å². The molecule has 0 heterocycles. The molecule has 19 heavy (non-hydrogen) atoms. The quantitative estimate of drug-likeness (QED) is 0.401. The standard InChI is InChI=1S/C10H15FN2O5S/c11-8-2-1-7(12)3-9(8)19(17,18)13-10(4-14,5-15)6-16/h1-3,13-16H,4-6,12H2. The molecule has 9 heteroatoms. The number of anilines is 1. The lowest BCUT2D eigenvalue weighted by Gasteiger charge is -2.28. The fourth-order valence-corrected chi connectivity index (χ4v) is 2.80. The highest BCUT2D eigenvalue weighted by atomic mass is 32.2. The van der Waals surface area contributed by atoms with Crippen molar-refractivity contribution in [3.63, 3.8) is 0 Å². The van der Waals surface area contributed by atoms with E-state index in [4.69, 9.17) is 21.1 Å². The van der Waals surface area contributed by atoms with E-state index in [9.17, 15) is 12.8 Å². The smallest absolute Gasteiger partial charge is 0.244 e. The van der Waals surface area contributed by atoms with Crippen molar-refractivity contribution in [2.45, 2.75) is 10.4 Å². The highest BCUT2D eigenvalue weighted by molar-refractivity contribution is 7.89. The first-order valence-electron chi connectivity index (χ1n) is 5.22. The minimum absolute atomic E-state index is 0.0318. The van der Waals surface area contributed by atoms with Gasteiger partial charge in [0.25, 0.3) is 0 Å².